The van der Waals surface area contributed by atoms with E-state index in [0.717, 1.165) is 0 Å². The van der Waals surface area contributed by atoms with Crippen molar-refractivity contribution in [2.24, 2.45) is 5.73 Å². The molecule has 0 aliphatic carbocycles. The molecular weight excluding hydrogens is 220 g/mol. The summed E-state index contributed by atoms with van der Waals surface area (Å²) in [7, 11) is 0. The van der Waals surface area contributed by atoms with E-state index in [0.29, 0.717) is 36.8 Å². The van der Waals surface area contributed by atoms with Gasteiger partial charge in [0.2, 0.25) is 0 Å². The van der Waals surface area contributed by atoms with E-state index in [2.05, 4.69) is 5.32 Å². The number of benzene rings is 1. The Hall–Kier alpha value is -1.75. The fraction of sp³-hybridized carbons (Fsp3) is 0.417. The average Bonchev–Trinajstić information content (AvgIpc) is 2.47. The fourth-order valence-electron chi connectivity index (χ4n) is 1.68. The van der Waals surface area contributed by atoms with E-state index < -0.39 is 0 Å². The molecule has 0 fully saturated rings. The van der Waals surface area contributed by atoms with Crippen LogP contribution in [0.5, 0.6) is 11.5 Å². The summed E-state index contributed by atoms with van der Waals surface area (Å²) in [6.45, 7) is 3.15. The van der Waals surface area contributed by atoms with Gasteiger partial charge in [-0.25, -0.2) is 0 Å². The molecule has 0 radical (unpaired) electrons. The van der Waals surface area contributed by atoms with Gasteiger partial charge in [0.05, 0.1) is 11.6 Å². The molecule has 17 heavy (non-hydrogen) atoms. The SMILES string of the molecule is CC1COc2c(OCCN)cccc2C(=O)N1. The van der Waals surface area contributed by atoms with Gasteiger partial charge < -0.3 is 20.5 Å². The van der Waals surface area contributed by atoms with Gasteiger partial charge in [-0.15, -0.1) is 0 Å². The lowest BCUT2D eigenvalue weighted by Crippen LogP contribution is -2.33. The monoisotopic (exact) mass is 236 g/mol. The number of carbonyl (C=O) groups is 1. The fourth-order valence-corrected chi connectivity index (χ4v) is 1.68. The molecule has 0 aromatic heterocycles. The van der Waals surface area contributed by atoms with Gasteiger partial charge in [0.25, 0.3) is 5.91 Å². The summed E-state index contributed by atoms with van der Waals surface area (Å²) in [4.78, 5) is 11.9. The highest BCUT2D eigenvalue weighted by molar-refractivity contribution is 5.98. The first-order chi connectivity index (χ1) is 8.22. The molecule has 0 spiro atoms. The molecule has 0 saturated heterocycles. The van der Waals surface area contributed by atoms with Crippen LogP contribution >= 0.6 is 0 Å². The van der Waals surface area contributed by atoms with Crippen LogP contribution in [0.2, 0.25) is 0 Å². The largest absolute Gasteiger partial charge is 0.488 e. The summed E-state index contributed by atoms with van der Waals surface area (Å²) in [5, 5.41) is 2.84. The molecule has 0 saturated carbocycles. The van der Waals surface area contributed by atoms with E-state index in [4.69, 9.17) is 15.2 Å². The van der Waals surface area contributed by atoms with Crippen molar-refractivity contribution in [3.63, 3.8) is 0 Å². The van der Waals surface area contributed by atoms with Gasteiger partial charge in [-0.1, -0.05) is 6.07 Å². The molecule has 1 aliphatic rings. The Morgan fingerprint density at radius 1 is 1.59 bits per heavy atom. The third kappa shape index (κ3) is 2.50. The van der Waals surface area contributed by atoms with Gasteiger partial charge in [0.1, 0.15) is 13.2 Å². The standard InChI is InChI=1S/C12H16N2O3/c1-8-7-17-11-9(12(15)14-8)3-2-4-10(11)16-6-5-13/h2-4,8H,5-7,13H2,1H3,(H,14,15). The highest BCUT2D eigenvalue weighted by atomic mass is 16.5. The Morgan fingerprint density at radius 2 is 2.41 bits per heavy atom. The summed E-state index contributed by atoms with van der Waals surface area (Å²) in [6, 6.07) is 5.25. The number of para-hydroxylation sites is 1. The van der Waals surface area contributed by atoms with Crippen LogP contribution in [0.25, 0.3) is 0 Å². The molecule has 5 nitrogen and oxygen atoms in total. The smallest absolute Gasteiger partial charge is 0.255 e. The predicted molar refractivity (Wildman–Crippen MR) is 63.4 cm³/mol. The molecule has 1 aliphatic heterocycles. The van der Waals surface area contributed by atoms with Crippen molar-refractivity contribution in [2.45, 2.75) is 13.0 Å². The second-order valence-corrected chi connectivity index (χ2v) is 3.96. The van der Waals surface area contributed by atoms with Crippen LogP contribution < -0.4 is 20.5 Å². The Balaban J connectivity index is 2.33. The van der Waals surface area contributed by atoms with Crippen LogP contribution in [0.15, 0.2) is 18.2 Å². The molecule has 92 valence electrons. The molecule has 1 unspecified atom stereocenters. The summed E-state index contributed by atoms with van der Waals surface area (Å²) in [6.07, 6.45) is 0. The van der Waals surface area contributed by atoms with Crippen LogP contribution in [0, 0.1) is 0 Å². The molecule has 3 N–H and O–H groups in total. The molecule has 1 aromatic carbocycles. The van der Waals surface area contributed by atoms with Gasteiger partial charge in [-0.3, -0.25) is 4.79 Å². The number of hydrogen-bond acceptors (Lipinski definition) is 4. The maximum Gasteiger partial charge on any atom is 0.255 e. The lowest BCUT2D eigenvalue weighted by Gasteiger charge is -2.12. The number of hydrogen-bond donors (Lipinski definition) is 2. The Morgan fingerprint density at radius 3 is 3.18 bits per heavy atom. The van der Waals surface area contributed by atoms with Crippen molar-refractivity contribution >= 4 is 5.91 Å². The van der Waals surface area contributed by atoms with E-state index in [1.807, 2.05) is 6.92 Å². The predicted octanol–water partition coefficient (Wildman–Crippen LogP) is 0.535. The molecule has 1 aromatic rings. The Bertz CT molecular complexity index is 420. The van der Waals surface area contributed by atoms with Crippen molar-refractivity contribution < 1.29 is 14.3 Å². The third-order valence-corrected chi connectivity index (χ3v) is 2.45. The summed E-state index contributed by atoms with van der Waals surface area (Å²) < 4.78 is 11.1. The van der Waals surface area contributed by atoms with Crippen molar-refractivity contribution in [3.8, 4) is 11.5 Å². The highest BCUT2D eigenvalue weighted by Crippen LogP contribution is 2.32. The maximum atomic E-state index is 11.9. The van der Waals surface area contributed by atoms with Gasteiger partial charge in [-0.2, -0.15) is 0 Å². The van der Waals surface area contributed by atoms with E-state index in [1.165, 1.54) is 0 Å². The average molecular weight is 236 g/mol. The number of carbonyl (C=O) groups excluding carboxylic acids is 1. The minimum atomic E-state index is -0.136. The number of nitrogens with two attached hydrogens (primary N) is 1. The number of amides is 1. The Labute approximate surface area is 99.9 Å². The van der Waals surface area contributed by atoms with Crippen LogP contribution in [0.3, 0.4) is 0 Å². The summed E-state index contributed by atoms with van der Waals surface area (Å²) >= 11 is 0. The Kier molecular flexibility index (Phi) is 3.49. The summed E-state index contributed by atoms with van der Waals surface area (Å²) in [5.74, 6) is 0.934. The van der Waals surface area contributed by atoms with Gasteiger partial charge in [-0.05, 0) is 19.1 Å². The van der Waals surface area contributed by atoms with Crippen molar-refractivity contribution in [2.75, 3.05) is 19.8 Å². The zero-order valence-electron chi connectivity index (χ0n) is 9.73. The third-order valence-electron chi connectivity index (χ3n) is 2.45. The van der Waals surface area contributed by atoms with Crippen LogP contribution in [0.1, 0.15) is 17.3 Å². The van der Waals surface area contributed by atoms with E-state index in [9.17, 15) is 4.79 Å². The van der Waals surface area contributed by atoms with Crippen LogP contribution in [-0.4, -0.2) is 31.7 Å². The van der Waals surface area contributed by atoms with Gasteiger partial charge in [0, 0.05) is 6.54 Å². The van der Waals surface area contributed by atoms with Crippen LogP contribution in [-0.2, 0) is 0 Å². The highest BCUT2D eigenvalue weighted by Gasteiger charge is 2.22. The first-order valence-corrected chi connectivity index (χ1v) is 5.62. The normalized spacial score (nSPS) is 18.7. The zero-order valence-corrected chi connectivity index (χ0v) is 9.73. The molecule has 1 atom stereocenters. The first-order valence-electron chi connectivity index (χ1n) is 5.62. The molecule has 1 heterocycles. The molecule has 5 heteroatoms. The van der Waals surface area contributed by atoms with E-state index >= 15 is 0 Å². The number of ether oxygens (including phenoxy) is 2. The second kappa shape index (κ2) is 5.05. The quantitative estimate of drug-likeness (QED) is 0.803. The minimum Gasteiger partial charge on any atom is -0.488 e. The zero-order chi connectivity index (χ0) is 12.3. The second-order valence-electron chi connectivity index (χ2n) is 3.96. The lowest BCUT2D eigenvalue weighted by atomic mass is 10.1. The van der Waals surface area contributed by atoms with Gasteiger partial charge in [0.15, 0.2) is 11.5 Å². The number of nitrogens with one attached hydrogen (secondary N) is 1. The van der Waals surface area contributed by atoms with E-state index in [-0.39, 0.29) is 11.9 Å². The van der Waals surface area contributed by atoms with Crippen molar-refractivity contribution in [1.82, 2.24) is 5.32 Å². The number of rotatable bonds is 3. The lowest BCUT2D eigenvalue weighted by molar-refractivity contribution is 0.0942. The molecule has 1 amide bonds. The molecular formula is C12H16N2O3. The van der Waals surface area contributed by atoms with Gasteiger partial charge >= 0.3 is 0 Å². The van der Waals surface area contributed by atoms with Crippen LogP contribution in [0.4, 0.5) is 0 Å². The maximum absolute atomic E-state index is 11.9. The first kappa shape index (κ1) is 11.7. The van der Waals surface area contributed by atoms with E-state index in [1.54, 1.807) is 18.2 Å². The minimum absolute atomic E-state index is 0.0164. The van der Waals surface area contributed by atoms with Crippen molar-refractivity contribution in [1.29, 1.82) is 0 Å². The summed E-state index contributed by atoms with van der Waals surface area (Å²) in [5.41, 5.74) is 5.89. The van der Waals surface area contributed by atoms with Crippen molar-refractivity contribution in [3.05, 3.63) is 23.8 Å². The molecule has 2 rings (SSSR count). The molecule has 0 bridgehead atoms. The topological polar surface area (TPSA) is 73.6 Å². The number of fused-ring (bicyclic) bond motifs is 1.